The van der Waals surface area contributed by atoms with Crippen molar-refractivity contribution in [1.29, 1.82) is 0 Å². The first-order valence-corrected chi connectivity index (χ1v) is 5.62. The molecule has 6 nitrogen and oxygen atoms in total. The van der Waals surface area contributed by atoms with Crippen LogP contribution in [0.25, 0.3) is 0 Å². The lowest BCUT2D eigenvalue weighted by Crippen LogP contribution is -2.27. The highest BCUT2D eigenvalue weighted by atomic mass is 19.3. The summed E-state index contributed by atoms with van der Waals surface area (Å²) in [6.45, 7) is -3.26. The molecule has 2 rings (SSSR count). The van der Waals surface area contributed by atoms with E-state index in [-0.39, 0.29) is 10.4 Å². The van der Waals surface area contributed by atoms with Gasteiger partial charge in [0.15, 0.2) is 0 Å². The summed E-state index contributed by atoms with van der Waals surface area (Å²) in [7, 11) is 1.30. The number of amides is 1. The molecule has 0 bridgehead atoms. The van der Waals surface area contributed by atoms with Gasteiger partial charge in [0.1, 0.15) is 5.69 Å². The van der Waals surface area contributed by atoms with E-state index in [0.29, 0.717) is 6.20 Å². The number of aromatic nitrogens is 4. The van der Waals surface area contributed by atoms with E-state index in [2.05, 4.69) is 15.3 Å². The Morgan fingerprint density at radius 3 is 2.48 bits per heavy atom. The van der Waals surface area contributed by atoms with Crippen LogP contribution < -0.4 is 4.90 Å². The van der Waals surface area contributed by atoms with Crippen molar-refractivity contribution < 1.29 is 22.4 Å². The molecule has 0 unspecified atom stereocenters. The predicted molar refractivity (Wildman–Crippen MR) is 63.2 cm³/mol. The summed E-state index contributed by atoms with van der Waals surface area (Å²) in [5.41, 5.74) is -1.44. The molecule has 0 N–H and O–H groups in total. The third kappa shape index (κ3) is 2.83. The fraction of sp³-hybridized carbons (Fsp3) is 0.273. The number of nitrogens with zero attached hydrogens (tertiary/aromatic N) is 5. The lowest BCUT2D eigenvalue weighted by molar-refractivity contribution is 0.0367. The van der Waals surface area contributed by atoms with Gasteiger partial charge in [-0.05, 0) is 6.07 Å². The summed E-state index contributed by atoms with van der Waals surface area (Å²) in [5.74, 6) is -0.898. The molecule has 2 aromatic rings. The zero-order valence-corrected chi connectivity index (χ0v) is 10.6. The number of hydrogen-bond acceptors (Lipinski definition) is 4. The molecule has 0 spiro atoms. The van der Waals surface area contributed by atoms with Gasteiger partial charge in [-0.15, -0.1) is 0 Å². The third-order valence-corrected chi connectivity index (χ3v) is 2.72. The summed E-state index contributed by atoms with van der Waals surface area (Å²) in [6.07, 6.45) is -0.0293. The molecule has 2 heterocycles. The average molecular weight is 303 g/mol. The van der Waals surface area contributed by atoms with Crippen molar-refractivity contribution in [2.45, 2.75) is 13.0 Å². The van der Waals surface area contributed by atoms with Gasteiger partial charge in [0.2, 0.25) is 0 Å². The SMILES string of the molecule is CN(C(=O)c1cnn(C(F)F)c1C(F)F)c1ccnnc1. The van der Waals surface area contributed by atoms with Crippen LogP contribution in [0.15, 0.2) is 24.7 Å². The molecular formula is C11H9F4N5O. The number of alkyl halides is 4. The minimum absolute atomic E-state index is 0.170. The molecule has 0 aliphatic rings. The lowest BCUT2D eigenvalue weighted by atomic mass is 10.2. The van der Waals surface area contributed by atoms with Gasteiger partial charge in [0.25, 0.3) is 12.3 Å². The molecule has 0 aliphatic heterocycles. The van der Waals surface area contributed by atoms with Gasteiger partial charge in [-0.2, -0.15) is 24.1 Å². The number of halogens is 4. The Kier molecular flexibility index (Phi) is 4.15. The minimum atomic E-state index is -3.26. The van der Waals surface area contributed by atoms with Crippen molar-refractivity contribution in [3.05, 3.63) is 35.9 Å². The lowest BCUT2D eigenvalue weighted by Gasteiger charge is -2.16. The maximum Gasteiger partial charge on any atom is 0.333 e. The van der Waals surface area contributed by atoms with Crippen molar-refractivity contribution in [2.75, 3.05) is 11.9 Å². The fourth-order valence-electron chi connectivity index (χ4n) is 1.69. The second kappa shape index (κ2) is 5.85. The summed E-state index contributed by atoms with van der Waals surface area (Å²) < 4.78 is 50.9. The van der Waals surface area contributed by atoms with Crippen molar-refractivity contribution in [3.63, 3.8) is 0 Å². The molecule has 1 amide bonds. The molecule has 2 aromatic heterocycles. The first-order valence-electron chi connectivity index (χ1n) is 5.62. The Morgan fingerprint density at radius 2 is 1.95 bits per heavy atom. The Balaban J connectivity index is 2.40. The standard InChI is InChI=1S/C11H9F4N5O/c1-19(6-2-3-16-17-4-6)10(21)7-5-18-20(11(14)15)8(7)9(12)13/h2-5,9,11H,1H3. The van der Waals surface area contributed by atoms with Gasteiger partial charge < -0.3 is 4.90 Å². The van der Waals surface area contributed by atoms with Gasteiger partial charge in [0, 0.05) is 7.05 Å². The highest BCUT2D eigenvalue weighted by Crippen LogP contribution is 2.28. The first kappa shape index (κ1) is 14.9. The van der Waals surface area contributed by atoms with Crippen LogP contribution in [-0.4, -0.2) is 32.9 Å². The van der Waals surface area contributed by atoms with Gasteiger partial charge in [0.05, 0.1) is 29.8 Å². The number of anilines is 1. The largest absolute Gasteiger partial charge is 0.333 e. The first-order chi connectivity index (χ1) is 9.93. The molecular weight excluding hydrogens is 294 g/mol. The predicted octanol–water partition coefficient (Wildman–Crippen LogP) is 2.28. The van der Waals surface area contributed by atoms with Crippen molar-refractivity contribution in [1.82, 2.24) is 20.0 Å². The summed E-state index contributed by atoms with van der Waals surface area (Å²) in [5, 5.41) is 10.2. The molecule has 112 valence electrons. The van der Waals surface area contributed by atoms with Crippen molar-refractivity contribution in [3.8, 4) is 0 Å². The second-order valence-electron chi connectivity index (χ2n) is 3.93. The summed E-state index contributed by atoms with van der Waals surface area (Å²) in [4.78, 5) is 13.1. The van der Waals surface area contributed by atoms with Crippen LogP contribution >= 0.6 is 0 Å². The quantitative estimate of drug-likeness (QED) is 0.813. The van der Waals surface area contributed by atoms with E-state index in [1.807, 2.05) is 0 Å². The third-order valence-electron chi connectivity index (χ3n) is 2.72. The van der Waals surface area contributed by atoms with Crippen molar-refractivity contribution in [2.24, 2.45) is 0 Å². The maximum atomic E-state index is 12.9. The highest BCUT2D eigenvalue weighted by Gasteiger charge is 2.29. The molecule has 21 heavy (non-hydrogen) atoms. The van der Waals surface area contributed by atoms with E-state index in [4.69, 9.17) is 0 Å². The molecule has 0 aromatic carbocycles. The van der Waals surface area contributed by atoms with E-state index in [1.165, 1.54) is 25.5 Å². The fourth-order valence-corrected chi connectivity index (χ4v) is 1.69. The van der Waals surface area contributed by atoms with Gasteiger partial charge >= 0.3 is 6.55 Å². The van der Waals surface area contributed by atoms with Crippen LogP contribution in [0.1, 0.15) is 29.0 Å². The molecule has 0 atom stereocenters. The van der Waals surface area contributed by atoms with E-state index in [9.17, 15) is 22.4 Å². The molecule has 0 aliphatic carbocycles. The zero-order chi connectivity index (χ0) is 15.6. The van der Waals surface area contributed by atoms with Crippen LogP contribution in [0.2, 0.25) is 0 Å². The zero-order valence-electron chi connectivity index (χ0n) is 10.6. The number of rotatable bonds is 4. The molecule has 0 radical (unpaired) electrons. The van der Waals surface area contributed by atoms with Crippen LogP contribution in [0.4, 0.5) is 23.2 Å². The topological polar surface area (TPSA) is 63.9 Å². The van der Waals surface area contributed by atoms with Crippen LogP contribution in [0, 0.1) is 0 Å². The van der Waals surface area contributed by atoms with Gasteiger partial charge in [-0.25, -0.2) is 13.5 Å². The summed E-state index contributed by atoms with van der Waals surface area (Å²) >= 11 is 0. The average Bonchev–Trinajstić information content (AvgIpc) is 2.91. The number of hydrogen-bond donors (Lipinski definition) is 0. The minimum Gasteiger partial charge on any atom is -0.310 e. The second-order valence-corrected chi connectivity index (χ2v) is 3.93. The van der Waals surface area contributed by atoms with E-state index in [0.717, 1.165) is 4.90 Å². The van der Waals surface area contributed by atoms with E-state index < -0.39 is 30.1 Å². The van der Waals surface area contributed by atoms with Crippen LogP contribution in [0.5, 0.6) is 0 Å². The molecule has 0 saturated heterocycles. The molecule has 0 fully saturated rings. The Labute approximate surface area is 116 Å². The Bertz CT molecular complexity index is 631. The van der Waals surface area contributed by atoms with Crippen LogP contribution in [-0.2, 0) is 0 Å². The number of carbonyl (C=O) groups excluding carboxylic acids is 1. The van der Waals surface area contributed by atoms with Gasteiger partial charge in [-0.1, -0.05) is 0 Å². The molecule has 10 heteroatoms. The summed E-state index contributed by atoms with van der Waals surface area (Å²) in [6, 6.07) is 1.42. The van der Waals surface area contributed by atoms with Crippen LogP contribution in [0.3, 0.4) is 0 Å². The van der Waals surface area contributed by atoms with Gasteiger partial charge in [-0.3, -0.25) is 4.79 Å². The van der Waals surface area contributed by atoms with E-state index >= 15 is 0 Å². The maximum absolute atomic E-state index is 12.9. The normalized spacial score (nSPS) is 11.2. The monoisotopic (exact) mass is 303 g/mol. The van der Waals surface area contributed by atoms with Crippen molar-refractivity contribution >= 4 is 11.6 Å². The Hall–Kier alpha value is -2.52. The smallest absolute Gasteiger partial charge is 0.310 e. The number of carbonyl (C=O) groups is 1. The van der Waals surface area contributed by atoms with E-state index in [1.54, 1.807) is 0 Å². The Morgan fingerprint density at radius 1 is 1.24 bits per heavy atom. The molecule has 0 saturated carbocycles. The highest BCUT2D eigenvalue weighted by molar-refractivity contribution is 6.06.